The lowest BCUT2D eigenvalue weighted by molar-refractivity contribution is 0.0324. The van der Waals surface area contributed by atoms with Crippen molar-refractivity contribution in [3.8, 4) is 0 Å². The van der Waals surface area contributed by atoms with Gasteiger partial charge in [0.25, 0.3) is 8.32 Å². The first kappa shape index (κ1) is 25.4. The molecule has 2 aromatic carbocycles. The van der Waals surface area contributed by atoms with Crippen molar-refractivity contribution in [2.24, 2.45) is 0 Å². The number of benzene rings is 2. The van der Waals surface area contributed by atoms with E-state index < -0.39 is 36.4 Å². The molecule has 0 aliphatic carbocycles. The molecule has 1 aliphatic rings. The van der Waals surface area contributed by atoms with Crippen LogP contribution in [0.15, 0.2) is 60.7 Å². The number of carbonyl (C=O) groups excluding carboxylic acids is 1. The Hall–Kier alpha value is -2.20. The maximum absolute atomic E-state index is 12.7. The molecule has 0 N–H and O–H groups in total. The van der Waals surface area contributed by atoms with Gasteiger partial charge in [-0.05, 0) is 36.2 Å². The number of ether oxygens (including phenoxy) is 1. The van der Waals surface area contributed by atoms with E-state index in [1.54, 1.807) is 20.8 Å². The van der Waals surface area contributed by atoms with Crippen LogP contribution in [0.25, 0.3) is 0 Å². The Morgan fingerprint density at radius 3 is 1.88 bits per heavy atom. The predicted octanol–water partition coefficient (Wildman–Crippen LogP) is 3.44. The molecule has 2 aromatic rings. The van der Waals surface area contributed by atoms with Crippen LogP contribution in [-0.4, -0.2) is 52.0 Å². The second kappa shape index (κ2) is 9.21. The van der Waals surface area contributed by atoms with Gasteiger partial charge >= 0.3 is 16.4 Å². The van der Waals surface area contributed by atoms with Gasteiger partial charge < -0.3 is 9.16 Å². The third-order valence-electron chi connectivity index (χ3n) is 5.46. The Morgan fingerprint density at radius 2 is 1.45 bits per heavy atom. The topological polar surface area (TPSA) is 82.1 Å². The van der Waals surface area contributed by atoms with Crippen LogP contribution < -0.4 is 10.4 Å². The van der Waals surface area contributed by atoms with Gasteiger partial charge in [0.15, 0.2) is 0 Å². The predicted molar refractivity (Wildman–Crippen MR) is 130 cm³/mol. The fourth-order valence-corrected chi connectivity index (χ4v) is 9.86. The van der Waals surface area contributed by atoms with Gasteiger partial charge in [-0.15, -0.1) is 0 Å². The maximum atomic E-state index is 12.7. The Morgan fingerprint density at radius 1 is 0.970 bits per heavy atom. The van der Waals surface area contributed by atoms with Crippen LogP contribution in [0.3, 0.4) is 0 Å². The lowest BCUT2D eigenvalue weighted by atomic mass is 10.2. The fraction of sp³-hybridized carbons (Fsp3) is 0.458. The minimum absolute atomic E-state index is 0.00818. The highest BCUT2D eigenvalue weighted by Gasteiger charge is 2.52. The van der Waals surface area contributed by atoms with E-state index in [1.165, 1.54) is 0 Å². The molecule has 1 heterocycles. The van der Waals surface area contributed by atoms with Crippen molar-refractivity contribution in [2.75, 3.05) is 13.2 Å². The van der Waals surface area contributed by atoms with Gasteiger partial charge in [-0.3, -0.25) is 4.18 Å². The van der Waals surface area contributed by atoms with E-state index in [9.17, 15) is 13.2 Å². The van der Waals surface area contributed by atoms with Gasteiger partial charge in [0.1, 0.15) is 11.6 Å². The quantitative estimate of drug-likeness (QED) is 0.596. The van der Waals surface area contributed by atoms with Crippen LogP contribution in [0.4, 0.5) is 4.79 Å². The summed E-state index contributed by atoms with van der Waals surface area (Å²) in [6, 6.07) is 19.2. The normalized spacial score (nSPS) is 18.8. The van der Waals surface area contributed by atoms with Gasteiger partial charge in [0, 0.05) is 0 Å². The van der Waals surface area contributed by atoms with Crippen LogP contribution in [0, 0.1) is 0 Å². The molecular formula is C24H33NO6SSi. The van der Waals surface area contributed by atoms with Crippen LogP contribution in [0.5, 0.6) is 0 Å². The summed E-state index contributed by atoms with van der Waals surface area (Å²) in [5.41, 5.74) is -0.849. The molecule has 180 valence electrons. The summed E-state index contributed by atoms with van der Waals surface area (Å²) in [5.74, 6) is 0. The first-order valence-electron chi connectivity index (χ1n) is 10.9. The lowest BCUT2D eigenvalue weighted by Gasteiger charge is -2.43. The van der Waals surface area contributed by atoms with Crippen LogP contribution in [0.2, 0.25) is 5.04 Å². The molecule has 33 heavy (non-hydrogen) atoms. The third-order valence-corrected chi connectivity index (χ3v) is 11.8. The first-order chi connectivity index (χ1) is 15.3. The molecule has 0 bridgehead atoms. The summed E-state index contributed by atoms with van der Waals surface area (Å²) in [5, 5.41) is 1.84. The molecule has 9 heteroatoms. The number of rotatable bonds is 5. The zero-order valence-electron chi connectivity index (χ0n) is 20.1. The minimum Gasteiger partial charge on any atom is -0.443 e. The fourth-order valence-electron chi connectivity index (χ4n) is 4.12. The molecule has 0 spiro atoms. The SMILES string of the molecule is CC(C)(C)OC(=O)N1[C@H](CO[Si](c2ccccc2)(c2ccccc2)C(C)(C)C)COS1(=O)=O. The van der Waals surface area contributed by atoms with E-state index >= 15 is 0 Å². The van der Waals surface area contributed by atoms with Crippen molar-refractivity contribution in [3.63, 3.8) is 0 Å². The van der Waals surface area contributed by atoms with Crippen molar-refractivity contribution in [1.29, 1.82) is 0 Å². The molecule has 1 aliphatic heterocycles. The monoisotopic (exact) mass is 491 g/mol. The summed E-state index contributed by atoms with van der Waals surface area (Å²) in [6.07, 6.45) is -0.962. The van der Waals surface area contributed by atoms with Crippen molar-refractivity contribution >= 4 is 35.1 Å². The molecule has 1 fully saturated rings. The highest BCUT2D eigenvalue weighted by molar-refractivity contribution is 7.85. The molecular weight excluding hydrogens is 458 g/mol. The summed E-state index contributed by atoms with van der Waals surface area (Å²) < 4.78 is 42.9. The molecule has 1 saturated heterocycles. The highest BCUT2D eigenvalue weighted by Crippen LogP contribution is 2.37. The van der Waals surface area contributed by atoms with Crippen LogP contribution in [0.1, 0.15) is 41.5 Å². The number of hydrogen-bond acceptors (Lipinski definition) is 6. The second-order valence-electron chi connectivity index (χ2n) is 10.1. The zero-order chi connectivity index (χ0) is 24.5. The summed E-state index contributed by atoms with van der Waals surface area (Å²) >= 11 is 0. The number of hydrogen-bond donors (Lipinski definition) is 0. The lowest BCUT2D eigenvalue weighted by Crippen LogP contribution is -2.67. The van der Waals surface area contributed by atoms with Gasteiger partial charge in [-0.2, -0.15) is 12.7 Å². The minimum atomic E-state index is -4.25. The molecule has 0 unspecified atom stereocenters. The highest BCUT2D eigenvalue weighted by atomic mass is 32.2. The van der Waals surface area contributed by atoms with E-state index in [0.29, 0.717) is 4.31 Å². The van der Waals surface area contributed by atoms with Gasteiger partial charge in [-0.25, -0.2) is 4.79 Å². The van der Waals surface area contributed by atoms with Gasteiger partial charge in [0.05, 0.1) is 13.2 Å². The summed E-state index contributed by atoms with van der Waals surface area (Å²) in [7, 11) is -7.15. The van der Waals surface area contributed by atoms with E-state index in [1.807, 2.05) is 36.4 Å². The molecule has 7 nitrogen and oxygen atoms in total. The number of nitrogens with zero attached hydrogens (tertiary/aromatic N) is 1. The van der Waals surface area contributed by atoms with E-state index in [2.05, 4.69) is 45.0 Å². The Kier molecular flexibility index (Phi) is 7.09. The van der Waals surface area contributed by atoms with E-state index in [4.69, 9.17) is 13.3 Å². The molecule has 0 saturated carbocycles. The first-order valence-corrected chi connectivity index (χ1v) is 14.2. The van der Waals surface area contributed by atoms with Gasteiger partial charge in [-0.1, -0.05) is 81.4 Å². The van der Waals surface area contributed by atoms with Crippen molar-refractivity contribution in [3.05, 3.63) is 60.7 Å². The molecule has 0 radical (unpaired) electrons. The molecule has 0 aromatic heterocycles. The summed E-state index contributed by atoms with van der Waals surface area (Å²) in [4.78, 5) is 12.7. The van der Waals surface area contributed by atoms with Crippen molar-refractivity contribution < 1.29 is 26.6 Å². The number of carbonyl (C=O) groups is 1. The largest absolute Gasteiger partial charge is 0.443 e. The third kappa shape index (κ3) is 5.32. The number of amides is 1. The van der Waals surface area contributed by atoms with Crippen LogP contribution in [-0.2, 0) is 23.7 Å². The maximum Gasteiger partial charge on any atom is 0.426 e. The Labute approximate surface area is 198 Å². The second-order valence-corrected chi connectivity index (χ2v) is 15.9. The standard InChI is InChI=1S/C24H33NO6SSi/c1-23(2,3)31-22(26)25-19(17-29-32(25,27)28)18-30-33(24(4,5)6,20-13-9-7-10-14-20)21-15-11-8-12-16-21/h7-16,19H,17-18H2,1-6H3/t19-/m0/s1. The molecule has 1 atom stereocenters. The average molecular weight is 492 g/mol. The molecule has 3 rings (SSSR count). The smallest absolute Gasteiger partial charge is 0.426 e. The Bertz CT molecular complexity index is 1020. The summed E-state index contributed by atoms with van der Waals surface area (Å²) in [6.45, 7) is 11.3. The van der Waals surface area contributed by atoms with Crippen molar-refractivity contribution in [1.82, 2.24) is 4.31 Å². The average Bonchev–Trinajstić information content (AvgIpc) is 3.02. The van der Waals surface area contributed by atoms with Crippen LogP contribution >= 0.6 is 0 Å². The van der Waals surface area contributed by atoms with Gasteiger partial charge in [0.2, 0.25) is 0 Å². The van der Waals surface area contributed by atoms with E-state index in [-0.39, 0.29) is 18.3 Å². The Balaban J connectivity index is 2.02. The zero-order valence-corrected chi connectivity index (χ0v) is 21.9. The van der Waals surface area contributed by atoms with Crippen molar-refractivity contribution in [2.45, 2.75) is 58.2 Å². The van der Waals surface area contributed by atoms with E-state index in [0.717, 1.165) is 10.4 Å². The molecule has 1 amide bonds.